The third-order valence-corrected chi connectivity index (χ3v) is 3.33. The monoisotopic (exact) mass is 272 g/mol. The van der Waals surface area contributed by atoms with Crippen molar-refractivity contribution in [1.82, 2.24) is 0 Å². The van der Waals surface area contributed by atoms with E-state index in [9.17, 15) is 13.2 Å². The van der Waals surface area contributed by atoms with Crippen LogP contribution < -0.4 is 11.1 Å². The first-order valence-electron chi connectivity index (χ1n) is 5.26. The number of aromatic carboxylic acids is 1. The maximum Gasteiger partial charge on any atom is 0.337 e. The zero-order valence-electron chi connectivity index (χ0n) is 10.2. The van der Waals surface area contributed by atoms with E-state index in [4.69, 9.17) is 10.8 Å². The molecule has 18 heavy (non-hydrogen) atoms. The molecule has 1 aromatic carbocycles. The molecule has 0 aliphatic rings. The summed E-state index contributed by atoms with van der Waals surface area (Å²) in [5, 5.41) is 11.9. The van der Waals surface area contributed by atoms with Gasteiger partial charge in [-0.05, 0) is 25.1 Å². The standard InChI is InChI=1S/C11H16N2O4S/c1-7(6-18(2,16)17)13-10-4-3-8(12)5-9(10)11(14)15/h3-5,7,13H,6,12H2,1-2H3,(H,14,15). The van der Waals surface area contributed by atoms with E-state index in [-0.39, 0.29) is 17.4 Å². The van der Waals surface area contributed by atoms with Gasteiger partial charge >= 0.3 is 5.97 Å². The molecule has 1 atom stereocenters. The van der Waals surface area contributed by atoms with Crippen molar-refractivity contribution in [3.05, 3.63) is 23.8 Å². The number of benzene rings is 1. The second-order valence-electron chi connectivity index (χ2n) is 4.25. The van der Waals surface area contributed by atoms with Crippen LogP contribution in [0.25, 0.3) is 0 Å². The Morgan fingerprint density at radius 2 is 2.11 bits per heavy atom. The third kappa shape index (κ3) is 4.25. The molecule has 100 valence electrons. The zero-order valence-corrected chi connectivity index (χ0v) is 11.0. The van der Waals surface area contributed by atoms with E-state index in [0.717, 1.165) is 6.26 Å². The topological polar surface area (TPSA) is 109 Å². The van der Waals surface area contributed by atoms with E-state index in [1.807, 2.05) is 0 Å². The molecule has 0 aliphatic carbocycles. The number of carboxylic acid groups (broad SMARTS) is 1. The average Bonchev–Trinajstić information content (AvgIpc) is 2.17. The van der Waals surface area contributed by atoms with Crippen LogP contribution in [0.5, 0.6) is 0 Å². The molecule has 0 fully saturated rings. The number of nitrogen functional groups attached to an aromatic ring is 1. The molecule has 0 spiro atoms. The first kappa shape index (κ1) is 14.3. The van der Waals surface area contributed by atoms with Gasteiger partial charge < -0.3 is 16.2 Å². The lowest BCUT2D eigenvalue weighted by Gasteiger charge is -2.16. The molecule has 0 bridgehead atoms. The molecular weight excluding hydrogens is 256 g/mol. The Morgan fingerprint density at radius 1 is 1.50 bits per heavy atom. The van der Waals surface area contributed by atoms with Gasteiger partial charge in [0.25, 0.3) is 0 Å². The molecular formula is C11H16N2O4S. The second-order valence-corrected chi connectivity index (χ2v) is 6.43. The molecule has 1 unspecified atom stereocenters. The van der Waals surface area contributed by atoms with Crippen LogP contribution >= 0.6 is 0 Å². The quantitative estimate of drug-likeness (QED) is 0.684. The fraction of sp³-hybridized carbons (Fsp3) is 0.364. The lowest BCUT2D eigenvalue weighted by atomic mass is 10.1. The third-order valence-electron chi connectivity index (χ3n) is 2.23. The van der Waals surface area contributed by atoms with Crippen LogP contribution in [0.3, 0.4) is 0 Å². The summed E-state index contributed by atoms with van der Waals surface area (Å²) in [6, 6.07) is 4.03. The van der Waals surface area contributed by atoms with Gasteiger partial charge in [0.2, 0.25) is 0 Å². The smallest absolute Gasteiger partial charge is 0.337 e. The number of hydrogen-bond donors (Lipinski definition) is 3. The zero-order chi connectivity index (χ0) is 13.9. The number of carbonyl (C=O) groups is 1. The normalized spacial score (nSPS) is 13.0. The fourth-order valence-corrected chi connectivity index (χ4v) is 2.62. The molecule has 0 radical (unpaired) electrons. The largest absolute Gasteiger partial charge is 0.478 e. The molecule has 6 nitrogen and oxygen atoms in total. The summed E-state index contributed by atoms with van der Waals surface area (Å²) in [5.74, 6) is -1.19. The molecule has 1 rings (SSSR count). The summed E-state index contributed by atoms with van der Waals surface area (Å²) in [7, 11) is -3.12. The van der Waals surface area contributed by atoms with E-state index in [1.165, 1.54) is 12.1 Å². The lowest BCUT2D eigenvalue weighted by Crippen LogP contribution is -2.26. The van der Waals surface area contributed by atoms with Crippen molar-refractivity contribution in [2.45, 2.75) is 13.0 Å². The van der Waals surface area contributed by atoms with E-state index in [0.29, 0.717) is 11.4 Å². The van der Waals surface area contributed by atoms with Crippen molar-refractivity contribution >= 4 is 27.2 Å². The first-order chi connectivity index (χ1) is 8.19. The Balaban J connectivity index is 2.94. The molecule has 0 heterocycles. The van der Waals surface area contributed by atoms with Crippen molar-refractivity contribution < 1.29 is 18.3 Å². The van der Waals surface area contributed by atoms with Gasteiger partial charge in [-0.25, -0.2) is 13.2 Å². The van der Waals surface area contributed by atoms with Crippen LogP contribution in [0.15, 0.2) is 18.2 Å². The highest BCUT2D eigenvalue weighted by Crippen LogP contribution is 2.20. The van der Waals surface area contributed by atoms with E-state index in [2.05, 4.69) is 5.32 Å². The van der Waals surface area contributed by atoms with Crippen LogP contribution in [0.4, 0.5) is 11.4 Å². The van der Waals surface area contributed by atoms with Crippen molar-refractivity contribution in [3.8, 4) is 0 Å². The highest BCUT2D eigenvalue weighted by atomic mass is 32.2. The predicted octanol–water partition coefficient (Wildman–Crippen LogP) is 0.812. The summed E-state index contributed by atoms with van der Waals surface area (Å²) in [5.41, 5.74) is 6.23. The Hall–Kier alpha value is -1.76. The van der Waals surface area contributed by atoms with Crippen LogP contribution in [0.2, 0.25) is 0 Å². The van der Waals surface area contributed by atoms with Gasteiger partial charge in [0, 0.05) is 23.7 Å². The van der Waals surface area contributed by atoms with Crippen LogP contribution in [0, 0.1) is 0 Å². The number of nitrogens with one attached hydrogen (secondary N) is 1. The Kier molecular flexibility index (Phi) is 4.18. The van der Waals surface area contributed by atoms with Gasteiger partial charge in [0.1, 0.15) is 9.84 Å². The van der Waals surface area contributed by atoms with Crippen molar-refractivity contribution in [3.63, 3.8) is 0 Å². The van der Waals surface area contributed by atoms with Crippen LogP contribution in [0.1, 0.15) is 17.3 Å². The minimum Gasteiger partial charge on any atom is -0.478 e. The molecule has 4 N–H and O–H groups in total. The predicted molar refractivity (Wildman–Crippen MR) is 70.6 cm³/mol. The number of rotatable bonds is 5. The summed E-state index contributed by atoms with van der Waals surface area (Å²) in [6.45, 7) is 1.67. The molecule has 0 saturated carbocycles. The summed E-state index contributed by atoms with van der Waals surface area (Å²) < 4.78 is 22.3. The lowest BCUT2D eigenvalue weighted by molar-refractivity contribution is 0.0698. The van der Waals surface area contributed by atoms with Crippen molar-refractivity contribution in [2.75, 3.05) is 23.1 Å². The maximum atomic E-state index is 11.1. The van der Waals surface area contributed by atoms with Crippen molar-refractivity contribution in [1.29, 1.82) is 0 Å². The molecule has 1 aromatic rings. The van der Waals surface area contributed by atoms with E-state index < -0.39 is 15.8 Å². The minimum atomic E-state index is -3.12. The second kappa shape index (κ2) is 5.26. The highest BCUT2D eigenvalue weighted by Gasteiger charge is 2.15. The number of anilines is 2. The Bertz CT molecular complexity index is 554. The van der Waals surface area contributed by atoms with Crippen LogP contribution in [-0.2, 0) is 9.84 Å². The summed E-state index contributed by atoms with van der Waals surface area (Å²) in [4.78, 5) is 11.0. The van der Waals surface area contributed by atoms with Gasteiger partial charge in [0.15, 0.2) is 0 Å². The molecule has 0 aromatic heterocycles. The summed E-state index contributed by atoms with van der Waals surface area (Å²) in [6.07, 6.45) is 1.13. The van der Waals surface area contributed by atoms with Gasteiger partial charge in [-0.2, -0.15) is 0 Å². The van der Waals surface area contributed by atoms with E-state index in [1.54, 1.807) is 13.0 Å². The van der Waals surface area contributed by atoms with Gasteiger partial charge in [-0.15, -0.1) is 0 Å². The van der Waals surface area contributed by atoms with Gasteiger partial charge in [-0.3, -0.25) is 0 Å². The minimum absolute atomic E-state index is 0.0235. The molecule has 0 amide bonds. The average molecular weight is 272 g/mol. The number of hydrogen-bond acceptors (Lipinski definition) is 5. The summed E-state index contributed by atoms with van der Waals surface area (Å²) >= 11 is 0. The number of nitrogens with two attached hydrogens (primary N) is 1. The highest BCUT2D eigenvalue weighted by molar-refractivity contribution is 7.90. The van der Waals surface area contributed by atoms with Crippen LogP contribution in [-0.4, -0.2) is 37.5 Å². The Morgan fingerprint density at radius 3 is 2.61 bits per heavy atom. The maximum absolute atomic E-state index is 11.1. The fourth-order valence-electron chi connectivity index (χ4n) is 1.63. The SMILES string of the molecule is CC(CS(C)(=O)=O)Nc1ccc(N)cc1C(=O)O. The van der Waals surface area contributed by atoms with Gasteiger partial charge in [0.05, 0.1) is 11.3 Å². The molecule has 0 saturated heterocycles. The Labute approximate surface area is 106 Å². The van der Waals surface area contributed by atoms with E-state index >= 15 is 0 Å². The van der Waals surface area contributed by atoms with Crippen molar-refractivity contribution in [2.24, 2.45) is 0 Å². The first-order valence-corrected chi connectivity index (χ1v) is 7.32. The number of carboxylic acids is 1. The van der Waals surface area contributed by atoms with Gasteiger partial charge in [-0.1, -0.05) is 0 Å². The molecule has 7 heteroatoms. The number of sulfone groups is 1. The molecule has 0 aliphatic heterocycles.